The number of imidazole rings is 1. The van der Waals surface area contributed by atoms with Gasteiger partial charge in [0.1, 0.15) is 5.82 Å². The molecule has 2 heterocycles. The van der Waals surface area contributed by atoms with Crippen molar-refractivity contribution in [2.24, 2.45) is 0 Å². The Balaban J connectivity index is 2.04. The van der Waals surface area contributed by atoms with E-state index in [4.69, 9.17) is 0 Å². The molecule has 1 aliphatic rings. The van der Waals surface area contributed by atoms with Crippen LogP contribution < -0.4 is 0 Å². The Morgan fingerprint density at radius 3 is 2.75 bits per heavy atom. The monoisotopic (exact) mass is 281 g/mol. The zero-order valence-corrected chi connectivity index (χ0v) is 11.2. The lowest BCUT2D eigenvalue weighted by Gasteiger charge is -2.24. The summed E-state index contributed by atoms with van der Waals surface area (Å²) in [6.45, 7) is 0.452. The van der Waals surface area contributed by atoms with E-state index in [0.29, 0.717) is 36.4 Å². The Labute approximate surface area is 115 Å². The molecule has 4 nitrogen and oxygen atoms in total. The number of fused-ring (bicyclic) bond motifs is 1. The number of hydrogen-bond donors (Lipinski definition) is 1. The first kappa shape index (κ1) is 13.5. The second kappa shape index (κ2) is 5.10. The first-order chi connectivity index (χ1) is 9.58. The lowest BCUT2D eigenvalue weighted by molar-refractivity contribution is 0.0651. The summed E-state index contributed by atoms with van der Waals surface area (Å²) in [6, 6.07) is 6.68. The number of β-amino-alcohol motifs (C(OH)–C–C–N with tert-alkyl or cyclic N) is 1. The average molecular weight is 281 g/mol. The highest BCUT2D eigenvalue weighted by atomic mass is 19.3. The highest BCUT2D eigenvalue weighted by molar-refractivity contribution is 5.76. The number of nitrogens with zero attached hydrogens (tertiary/aromatic N) is 3. The maximum absolute atomic E-state index is 13.4. The molecule has 2 aromatic rings. The number of halogens is 2. The number of aliphatic hydroxyl groups is 1. The van der Waals surface area contributed by atoms with Crippen molar-refractivity contribution in [2.75, 3.05) is 13.1 Å². The number of likely N-dealkylation sites (tertiary alicyclic amines) is 1. The molecule has 1 aromatic heterocycles. The van der Waals surface area contributed by atoms with Crippen molar-refractivity contribution in [1.29, 1.82) is 0 Å². The molecule has 0 radical (unpaired) electrons. The first-order valence-corrected chi connectivity index (χ1v) is 6.75. The summed E-state index contributed by atoms with van der Waals surface area (Å²) in [5.41, 5.74) is 1.03. The van der Waals surface area contributed by atoms with Crippen molar-refractivity contribution in [1.82, 2.24) is 14.5 Å². The minimum Gasteiger partial charge on any atom is -0.392 e. The largest absolute Gasteiger partial charge is 0.392 e. The van der Waals surface area contributed by atoms with E-state index < -0.39 is 6.55 Å². The molecule has 3 rings (SSSR count). The lowest BCUT2D eigenvalue weighted by atomic mass is 10.3. The number of aromatic nitrogens is 2. The lowest BCUT2D eigenvalue weighted by Crippen LogP contribution is -2.28. The van der Waals surface area contributed by atoms with E-state index in [1.807, 2.05) is 11.8 Å². The molecule has 2 unspecified atom stereocenters. The Morgan fingerprint density at radius 1 is 1.35 bits per heavy atom. The molecule has 2 atom stereocenters. The van der Waals surface area contributed by atoms with E-state index in [1.54, 1.807) is 24.3 Å². The Hall–Kier alpha value is -1.53. The molecule has 1 saturated heterocycles. The highest BCUT2D eigenvalue weighted by Gasteiger charge is 2.30. The van der Waals surface area contributed by atoms with Crippen LogP contribution in [0.15, 0.2) is 24.3 Å². The normalized spacial score (nSPS) is 21.9. The van der Waals surface area contributed by atoms with Crippen molar-refractivity contribution in [3.8, 4) is 0 Å². The molecule has 6 heteroatoms. The van der Waals surface area contributed by atoms with Crippen molar-refractivity contribution in [3.05, 3.63) is 30.1 Å². The maximum Gasteiger partial charge on any atom is 0.320 e. The van der Waals surface area contributed by atoms with Gasteiger partial charge in [-0.2, -0.15) is 8.78 Å². The van der Waals surface area contributed by atoms with Crippen molar-refractivity contribution in [2.45, 2.75) is 32.0 Å². The average Bonchev–Trinajstić information content (AvgIpc) is 3.01. The summed E-state index contributed by atoms with van der Waals surface area (Å²) in [5, 5.41) is 9.60. The minimum atomic E-state index is -2.62. The third kappa shape index (κ3) is 2.19. The standard InChI is InChI=1S/C14H17F2N3O/c1-9(18-7-6-10(20)8-18)13-17-11-4-2-3-5-12(11)19(13)14(15)16/h2-5,9-10,14,20H,6-8H2,1H3. The van der Waals surface area contributed by atoms with E-state index in [1.165, 1.54) is 0 Å². The van der Waals surface area contributed by atoms with Crippen LogP contribution in [0, 0.1) is 0 Å². The van der Waals surface area contributed by atoms with Crippen LogP contribution in [0.4, 0.5) is 8.78 Å². The summed E-state index contributed by atoms with van der Waals surface area (Å²) in [6.07, 6.45) is 0.307. The Bertz CT molecular complexity index is 613. The zero-order chi connectivity index (χ0) is 14.3. The van der Waals surface area contributed by atoms with Crippen LogP contribution >= 0.6 is 0 Å². The first-order valence-electron chi connectivity index (χ1n) is 6.75. The molecule has 20 heavy (non-hydrogen) atoms. The van der Waals surface area contributed by atoms with E-state index >= 15 is 0 Å². The molecule has 0 bridgehead atoms. The van der Waals surface area contributed by atoms with Gasteiger partial charge in [0.25, 0.3) is 0 Å². The Morgan fingerprint density at radius 2 is 2.10 bits per heavy atom. The van der Waals surface area contributed by atoms with E-state index in [-0.39, 0.29) is 12.1 Å². The third-order valence-corrected chi connectivity index (χ3v) is 3.93. The number of rotatable bonds is 3. The topological polar surface area (TPSA) is 41.3 Å². The quantitative estimate of drug-likeness (QED) is 0.940. The van der Waals surface area contributed by atoms with Gasteiger partial charge in [0, 0.05) is 13.1 Å². The van der Waals surface area contributed by atoms with Crippen LogP contribution in [0.25, 0.3) is 11.0 Å². The maximum atomic E-state index is 13.4. The van der Waals surface area contributed by atoms with Crippen LogP contribution in [0.2, 0.25) is 0 Å². The van der Waals surface area contributed by atoms with E-state index in [2.05, 4.69) is 4.98 Å². The molecule has 0 aliphatic carbocycles. The fourth-order valence-corrected chi connectivity index (χ4v) is 2.85. The van der Waals surface area contributed by atoms with Gasteiger partial charge in [-0.15, -0.1) is 0 Å². The van der Waals surface area contributed by atoms with Crippen LogP contribution in [-0.4, -0.2) is 38.8 Å². The van der Waals surface area contributed by atoms with Gasteiger partial charge < -0.3 is 5.11 Å². The van der Waals surface area contributed by atoms with Gasteiger partial charge in [0.15, 0.2) is 0 Å². The number of aliphatic hydroxyl groups excluding tert-OH is 1. The van der Waals surface area contributed by atoms with Gasteiger partial charge in [-0.1, -0.05) is 12.1 Å². The van der Waals surface area contributed by atoms with Gasteiger partial charge in [-0.3, -0.25) is 9.47 Å². The van der Waals surface area contributed by atoms with Gasteiger partial charge in [-0.05, 0) is 25.5 Å². The van der Waals surface area contributed by atoms with Gasteiger partial charge >= 0.3 is 6.55 Å². The molecule has 1 aliphatic heterocycles. The SMILES string of the molecule is CC(c1nc2ccccc2n1C(F)F)N1CCC(O)C1. The molecule has 0 spiro atoms. The van der Waals surface area contributed by atoms with Crippen LogP contribution in [0.1, 0.15) is 31.8 Å². The molecule has 1 fully saturated rings. The number of alkyl halides is 2. The fraction of sp³-hybridized carbons (Fsp3) is 0.500. The predicted molar refractivity (Wildman–Crippen MR) is 71.6 cm³/mol. The van der Waals surface area contributed by atoms with E-state index in [0.717, 1.165) is 4.57 Å². The zero-order valence-electron chi connectivity index (χ0n) is 11.2. The van der Waals surface area contributed by atoms with Crippen molar-refractivity contribution in [3.63, 3.8) is 0 Å². The number of benzene rings is 1. The van der Waals surface area contributed by atoms with Crippen molar-refractivity contribution >= 4 is 11.0 Å². The summed E-state index contributed by atoms with van der Waals surface area (Å²) < 4.78 is 27.7. The summed E-state index contributed by atoms with van der Waals surface area (Å²) >= 11 is 0. The van der Waals surface area contributed by atoms with Crippen molar-refractivity contribution < 1.29 is 13.9 Å². The Kier molecular flexibility index (Phi) is 3.43. The van der Waals surface area contributed by atoms with Gasteiger partial charge in [0.05, 0.1) is 23.2 Å². The van der Waals surface area contributed by atoms with Gasteiger partial charge in [-0.25, -0.2) is 4.98 Å². The predicted octanol–water partition coefficient (Wildman–Crippen LogP) is 2.56. The summed E-state index contributed by atoms with van der Waals surface area (Å²) in [5.74, 6) is 0.357. The van der Waals surface area contributed by atoms with E-state index in [9.17, 15) is 13.9 Å². The summed E-state index contributed by atoms with van der Waals surface area (Å²) in [7, 11) is 0. The molecule has 1 aromatic carbocycles. The molecule has 108 valence electrons. The second-order valence-electron chi connectivity index (χ2n) is 5.22. The van der Waals surface area contributed by atoms with Gasteiger partial charge in [0.2, 0.25) is 0 Å². The molecular weight excluding hydrogens is 264 g/mol. The summed E-state index contributed by atoms with van der Waals surface area (Å²) in [4.78, 5) is 6.35. The van der Waals surface area contributed by atoms with Crippen LogP contribution in [0.5, 0.6) is 0 Å². The van der Waals surface area contributed by atoms with Crippen LogP contribution in [-0.2, 0) is 0 Å². The smallest absolute Gasteiger partial charge is 0.320 e. The molecule has 0 amide bonds. The third-order valence-electron chi connectivity index (χ3n) is 3.93. The minimum absolute atomic E-state index is 0.242. The second-order valence-corrected chi connectivity index (χ2v) is 5.22. The number of para-hydroxylation sites is 2. The number of hydrogen-bond acceptors (Lipinski definition) is 3. The van der Waals surface area contributed by atoms with Crippen LogP contribution in [0.3, 0.4) is 0 Å². The fourth-order valence-electron chi connectivity index (χ4n) is 2.85. The molecule has 1 N–H and O–H groups in total. The molecular formula is C14H17F2N3O. The highest BCUT2D eigenvalue weighted by Crippen LogP contribution is 2.30. The molecule has 0 saturated carbocycles.